The molecule has 0 radical (unpaired) electrons. The van der Waals surface area contributed by atoms with Crippen LogP contribution in [0, 0.1) is 0 Å². The Labute approximate surface area is 111 Å². The Morgan fingerprint density at radius 3 is 2.67 bits per heavy atom. The van der Waals surface area contributed by atoms with Crippen LogP contribution in [0.2, 0.25) is 0 Å². The first-order valence-electron chi connectivity index (χ1n) is 7.36. The average Bonchev–Trinajstić information content (AvgIpc) is 2.45. The molecule has 1 aliphatic carbocycles. The molecule has 0 heterocycles. The Morgan fingerprint density at radius 2 is 2.00 bits per heavy atom. The van der Waals surface area contributed by atoms with Crippen molar-refractivity contribution in [1.29, 1.82) is 0 Å². The second-order valence-corrected chi connectivity index (χ2v) is 5.22. The van der Waals surface area contributed by atoms with Gasteiger partial charge in [0.25, 0.3) is 0 Å². The molecular weight excluding hydrogens is 218 g/mol. The SMILES string of the molecule is CCCNC(Cc1ccccc1)C1=CCCCC1. The van der Waals surface area contributed by atoms with Gasteiger partial charge in [-0.25, -0.2) is 0 Å². The van der Waals surface area contributed by atoms with Crippen LogP contribution in [0.3, 0.4) is 0 Å². The number of hydrogen-bond donors (Lipinski definition) is 1. The summed E-state index contributed by atoms with van der Waals surface area (Å²) < 4.78 is 0. The molecule has 1 aromatic carbocycles. The first kappa shape index (κ1) is 13.4. The van der Waals surface area contributed by atoms with E-state index >= 15 is 0 Å². The minimum Gasteiger partial charge on any atom is -0.310 e. The van der Waals surface area contributed by atoms with Crippen LogP contribution < -0.4 is 5.32 Å². The molecule has 0 amide bonds. The van der Waals surface area contributed by atoms with Crippen molar-refractivity contribution < 1.29 is 0 Å². The molecule has 2 rings (SSSR count). The van der Waals surface area contributed by atoms with Crippen LogP contribution >= 0.6 is 0 Å². The fraction of sp³-hybridized carbons (Fsp3) is 0.529. The highest BCUT2D eigenvalue weighted by atomic mass is 14.9. The van der Waals surface area contributed by atoms with Crippen LogP contribution in [0.15, 0.2) is 42.0 Å². The third-order valence-electron chi connectivity index (χ3n) is 3.70. The number of allylic oxidation sites excluding steroid dienone is 1. The molecule has 1 N–H and O–H groups in total. The second kappa shape index (κ2) is 7.38. The lowest BCUT2D eigenvalue weighted by Gasteiger charge is -2.24. The lowest BCUT2D eigenvalue weighted by atomic mass is 9.90. The summed E-state index contributed by atoms with van der Waals surface area (Å²) in [5.41, 5.74) is 3.08. The Bertz CT molecular complexity index is 366. The van der Waals surface area contributed by atoms with E-state index in [1.165, 1.54) is 37.7 Å². The predicted molar refractivity (Wildman–Crippen MR) is 78.8 cm³/mol. The molecule has 0 spiro atoms. The molecule has 0 saturated carbocycles. The molecule has 1 heteroatoms. The van der Waals surface area contributed by atoms with Crippen LogP contribution in [0.5, 0.6) is 0 Å². The third kappa shape index (κ3) is 3.99. The summed E-state index contributed by atoms with van der Waals surface area (Å²) in [6.07, 6.45) is 10.1. The van der Waals surface area contributed by atoms with E-state index in [1.54, 1.807) is 5.57 Å². The zero-order valence-electron chi connectivity index (χ0n) is 11.5. The summed E-state index contributed by atoms with van der Waals surface area (Å²) in [5, 5.41) is 3.72. The highest BCUT2D eigenvalue weighted by Gasteiger charge is 2.15. The van der Waals surface area contributed by atoms with Crippen LogP contribution in [0.25, 0.3) is 0 Å². The average molecular weight is 243 g/mol. The quantitative estimate of drug-likeness (QED) is 0.742. The first-order valence-corrected chi connectivity index (χ1v) is 7.36. The molecular formula is C17H25N. The second-order valence-electron chi connectivity index (χ2n) is 5.22. The molecule has 1 aliphatic rings. The van der Waals surface area contributed by atoms with Gasteiger partial charge in [-0.2, -0.15) is 0 Å². The molecule has 1 aromatic rings. The monoisotopic (exact) mass is 243 g/mol. The van der Waals surface area contributed by atoms with E-state index in [0.717, 1.165) is 13.0 Å². The maximum atomic E-state index is 3.72. The lowest BCUT2D eigenvalue weighted by molar-refractivity contribution is 0.526. The maximum absolute atomic E-state index is 3.72. The minimum atomic E-state index is 0.549. The summed E-state index contributed by atoms with van der Waals surface area (Å²) in [6.45, 7) is 3.36. The fourth-order valence-corrected chi connectivity index (χ4v) is 2.68. The van der Waals surface area contributed by atoms with Crippen molar-refractivity contribution >= 4 is 0 Å². The van der Waals surface area contributed by atoms with Crippen molar-refractivity contribution in [2.24, 2.45) is 0 Å². The van der Waals surface area contributed by atoms with Gasteiger partial charge in [-0.15, -0.1) is 0 Å². The van der Waals surface area contributed by atoms with Crippen LogP contribution in [0.4, 0.5) is 0 Å². The summed E-state index contributed by atoms with van der Waals surface area (Å²) in [5.74, 6) is 0. The van der Waals surface area contributed by atoms with Gasteiger partial charge in [-0.3, -0.25) is 0 Å². The predicted octanol–water partition coefficient (Wildman–Crippen LogP) is 4.10. The van der Waals surface area contributed by atoms with Gasteiger partial charge in [0, 0.05) is 6.04 Å². The first-order chi connectivity index (χ1) is 8.90. The molecule has 98 valence electrons. The molecule has 0 bridgehead atoms. The number of hydrogen-bond acceptors (Lipinski definition) is 1. The molecule has 1 nitrogen and oxygen atoms in total. The van der Waals surface area contributed by atoms with E-state index in [1.807, 2.05) is 0 Å². The van der Waals surface area contributed by atoms with Gasteiger partial charge in [0.05, 0.1) is 0 Å². The van der Waals surface area contributed by atoms with Crippen LogP contribution in [-0.2, 0) is 6.42 Å². The maximum Gasteiger partial charge on any atom is 0.0320 e. The Kier molecular flexibility index (Phi) is 5.47. The van der Waals surface area contributed by atoms with E-state index in [-0.39, 0.29) is 0 Å². The van der Waals surface area contributed by atoms with Gasteiger partial charge >= 0.3 is 0 Å². The molecule has 0 saturated heterocycles. The van der Waals surface area contributed by atoms with Crippen molar-refractivity contribution in [3.8, 4) is 0 Å². The zero-order chi connectivity index (χ0) is 12.6. The van der Waals surface area contributed by atoms with E-state index in [4.69, 9.17) is 0 Å². The largest absolute Gasteiger partial charge is 0.310 e. The molecule has 0 aliphatic heterocycles. The van der Waals surface area contributed by atoms with E-state index in [0.29, 0.717) is 6.04 Å². The van der Waals surface area contributed by atoms with E-state index < -0.39 is 0 Å². The highest BCUT2D eigenvalue weighted by Crippen LogP contribution is 2.22. The lowest BCUT2D eigenvalue weighted by Crippen LogP contribution is -2.34. The van der Waals surface area contributed by atoms with Gasteiger partial charge in [-0.1, -0.05) is 48.9 Å². The van der Waals surface area contributed by atoms with Gasteiger partial charge < -0.3 is 5.32 Å². The molecule has 0 aromatic heterocycles. The summed E-state index contributed by atoms with van der Waals surface area (Å²) in [7, 11) is 0. The van der Waals surface area contributed by atoms with Gasteiger partial charge in [0.2, 0.25) is 0 Å². The van der Waals surface area contributed by atoms with Gasteiger partial charge in [0.15, 0.2) is 0 Å². The van der Waals surface area contributed by atoms with Crippen LogP contribution in [-0.4, -0.2) is 12.6 Å². The normalized spacial score (nSPS) is 17.3. The smallest absolute Gasteiger partial charge is 0.0320 e. The van der Waals surface area contributed by atoms with Crippen molar-refractivity contribution in [3.63, 3.8) is 0 Å². The Hall–Kier alpha value is -1.08. The van der Waals surface area contributed by atoms with Crippen molar-refractivity contribution in [1.82, 2.24) is 5.32 Å². The Morgan fingerprint density at radius 1 is 1.17 bits per heavy atom. The summed E-state index contributed by atoms with van der Waals surface area (Å²) >= 11 is 0. The molecule has 18 heavy (non-hydrogen) atoms. The highest BCUT2D eigenvalue weighted by molar-refractivity contribution is 5.22. The van der Waals surface area contributed by atoms with E-state index in [9.17, 15) is 0 Å². The van der Waals surface area contributed by atoms with Crippen molar-refractivity contribution in [2.45, 2.75) is 51.5 Å². The van der Waals surface area contributed by atoms with Gasteiger partial charge in [0.1, 0.15) is 0 Å². The molecule has 1 atom stereocenters. The molecule has 0 fully saturated rings. The number of nitrogens with one attached hydrogen (secondary N) is 1. The summed E-state index contributed by atoms with van der Waals surface area (Å²) in [4.78, 5) is 0. The number of benzene rings is 1. The minimum absolute atomic E-state index is 0.549. The summed E-state index contributed by atoms with van der Waals surface area (Å²) in [6, 6.07) is 11.4. The Balaban J connectivity index is 2.02. The number of rotatable bonds is 6. The zero-order valence-corrected chi connectivity index (χ0v) is 11.5. The molecule has 1 unspecified atom stereocenters. The van der Waals surface area contributed by atoms with E-state index in [2.05, 4.69) is 48.6 Å². The standard InChI is InChI=1S/C17H25N/c1-2-13-18-17(16-11-7-4-8-12-16)14-15-9-5-3-6-10-15/h3,5-6,9-11,17-18H,2,4,7-8,12-14H2,1H3. The fourth-order valence-electron chi connectivity index (χ4n) is 2.68. The third-order valence-corrected chi connectivity index (χ3v) is 3.70. The van der Waals surface area contributed by atoms with Gasteiger partial charge in [-0.05, 0) is 50.6 Å². The van der Waals surface area contributed by atoms with Crippen LogP contribution in [0.1, 0.15) is 44.6 Å². The topological polar surface area (TPSA) is 12.0 Å². The van der Waals surface area contributed by atoms with Crippen molar-refractivity contribution in [2.75, 3.05) is 6.54 Å². The van der Waals surface area contributed by atoms with Crippen molar-refractivity contribution in [3.05, 3.63) is 47.5 Å².